The molecule has 0 fully saturated rings. The van der Waals surface area contributed by atoms with Crippen molar-refractivity contribution in [2.45, 2.75) is 13.8 Å². The van der Waals surface area contributed by atoms with Crippen molar-refractivity contribution in [3.63, 3.8) is 0 Å². The molecule has 0 radical (unpaired) electrons. The zero-order chi connectivity index (χ0) is 11.1. The molecule has 0 amide bonds. The van der Waals surface area contributed by atoms with Gasteiger partial charge in [-0.3, -0.25) is 0 Å². The van der Waals surface area contributed by atoms with Crippen LogP contribution in [0.1, 0.15) is 13.8 Å². The van der Waals surface area contributed by atoms with E-state index in [0.717, 1.165) is 22.3 Å². The quantitative estimate of drug-likeness (QED) is 0.661. The van der Waals surface area contributed by atoms with Gasteiger partial charge in [0.05, 0.1) is 0 Å². The van der Waals surface area contributed by atoms with Crippen molar-refractivity contribution in [2.75, 3.05) is 6.54 Å². The lowest BCUT2D eigenvalue weighted by molar-refractivity contribution is 1.17. The highest BCUT2D eigenvalue weighted by Gasteiger charge is 1.99. The second-order valence-electron chi connectivity index (χ2n) is 3.10. The summed E-state index contributed by atoms with van der Waals surface area (Å²) in [7, 11) is 0. The van der Waals surface area contributed by atoms with Gasteiger partial charge in [0.1, 0.15) is 0 Å². The van der Waals surface area contributed by atoms with Gasteiger partial charge < -0.3 is 5.73 Å². The van der Waals surface area contributed by atoms with Crippen LogP contribution in [-0.2, 0) is 0 Å². The van der Waals surface area contributed by atoms with Crippen molar-refractivity contribution in [1.82, 2.24) is 0 Å². The van der Waals surface area contributed by atoms with E-state index >= 15 is 0 Å². The molecule has 1 heteroatoms. The van der Waals surface area contributed by atoms with Crippen molar-refractivity contribution in [3.8, 4) is 0 Å². The first kappa shape index (κ1) is 12.7. The number of rotatable bonds is 5. The lowest BCUT2D eigenvalue weighted by Crippen LogP contribution is -2.01. The summed E-state index contributed by atoms with van der Waals surface area (Å²) in [6.07, 6.45) is 5.72. The van der Waals surface area contributed by atoms with Crippen LogP contribution in [0.25, 0.3) is 0 Å². The largest absolute Gasteiger partial charge is 0.327 e. The fourth-order valence-electron chi connectivity index (χ4n) is 1.00. The third-order valence-corrected chi connectivity index (χ3v) is 2.12. The Morgan fingerprint density at radius 3 is 2.29 bits per heavy atom. The third-order valence-electron chi connectivity index (χ3n) is 2.12. The molecule has 1 nitrogen and oxygen atoms in total. The SMILES string of the molecule is C=CC(=C)C(=C)/C(C)=C/C(=C\C)CN. The van der Waals surface area contributed by atoms with Crippen LogP contribution in [0.4, 0.5) is 0 Å². The predicted molar refractivity (Wildman–Crippen MR) is 65.0 cm³/mol. The molecular weight excluding hydrogens is 170 g/mol. The highest BCUT2D eigenvalue weighted by Crippen LogP contribution is 2.17. The summed E-state index contributed by atoms with van der Waals surface area (Å²) in [6.45, 7) is 15.9. The zero-order valence-corrected chi connectivity index (χ0v) is 9.14. The third kappa shape index (κ3) is 3.58. The maximum absolute atomic E-state index is 5.56. The minimum absolute atomic E-state index is 0.543. The molecular formula is C13H19N. The highest BCUT2D eigenvalue weighted by atomic mass is 14.5. The van der Waals surface area contributed by atoms with Crippen molar-refractivity contribution >= 4 is 0 Å². The van der Waals surface area contributed by atoms with E-state index in [2.05, 4.69) is 19.7 Å². The maximum atomic E-state index is 5.56. The van der Waals surface area contributed by atoms with Crippen LogP contribution in [0.5, 0.6) is 0 Å². The minimum Gasteiger partial charge on any atom is -0.327 e. The molecule has 0 aliphatic heterocycles. The summed E-state index contributed by atoms with van der Waals surface area (Å²) in [5.41, 5.74) is 9.49. The van der Waals surface area contributed by atoms with Crippen molar-refractivity contribution < 1.29 is 0 Å². The average Bonchev–Trinajstić information content (AvgIpc) is 2.23. The summed E-state index contributed by atoms with van der Waals surface area (Å²) in [5, 5.41) is 0. The fraction of sp³-hybridized carbons (Fsp3) is 0.231. The predicted octanol–water partition coefficient (Wildman–Crippen LogP) is 3.14. The Labute approximate surface area is 87.0 Å². The van der Waals surface area contributed by atoms with Crippen LogP contribution in [0.3, 0.4) is 0 Å². The van der Waals surface area contributed by atoms with E-state index in [9.17, 15) is 0 Å². The van der Waals surface area contributed by atoms with E-state index in [-0.39, 0.29) is 0 Å². The molecule has 0 atom stereocenters. The molecule has 0 saturated heterocycles. The molecule has 0 aliphatic carbocycles. The van der Waals surface area contributed by atoms with Crippen LogP contribution in [-0.4, -0.2) is 6.54 Å². The molecule has 0 aromatic carbocycles. The van der Waals surface area contributed by atoms with Gasteiger partial charge in [-0.25, -0.2) is 0 Å². The monoisotopic (exact) mass is 189 g/mol. The second-order valence-corrected chi connectivity index (χ2v) is 3.10. The number of allylic oxidation sites excluding steroid dienone is 5. The standard InChI is InChI=1S/C13H19N/c1-6-10(3)12(5)11(4)8-13(7-2)9-14/h6-8H,1,3,5,9,14H2,2,4H3/b11-8+,13-7+. The fourth-order valence-corrected chi connectivity index (χ4v) is 1.00. The van der Waals surface area contributed by atoms with E-state index in [1.165, 1.54) is 0 Å². The smallest absolute Gasteiger partial charge is 0.0174 e. The van der Waals surface area contributed by atoms with Gasteiger partial charge in [0.2, 0.25) is 0 Å². The van der Waals surface area contributed by atoms with Crippen LogP contribution >= 0.6 is 0 Å². The Bertz CT molecular complexity index is 303. The molecule has 76 valence electrons. The first-order chi connectivity index (χ1) is 6.56. The Kier molecular flexibility index (Phi) is 5.58. The van der Waals surface area contributed by atoms with Gasteiger partial charge in [-0.2, -0.15) is 0 Å². The maximum Gasteiger partial charge on any atom is 0.0174 e. The summed E-state index contributed by atoms with van der Waals surface area (Å²) >= 11 is 0. The van der Waals surface area contributed by atoms with E-state index in [1.54, 1.807) is 6.08 Å². The Hall–Kier alpha value is -1.34. The normalized spacial score (nSPS) is 12.5. The molecule has 0 heterocycles. The number of nitrogens with two attached hydrogens (primary N) is 1. The number of hydrogen-bond acceptors (Lipinski definition) is 1. The number of hydrogen-bond donors (Lipinski definition) is 1. The van der Waals surface area contributed by atoms with Gasteiger partial charge in [-0.05, 0) is 36.1 Å². The summed E-state index contributed by atoms with van der Waals surface area (Å²) in [4.78, 5) is 0. The lowest BCUT2D eigenvalue weighted by Gasteiger charge is -2.06. The van der Waals surface area contributed by atoms with Crippen molar-refractivity contribution in [3.05, 3.63) is 60.3 Å². The topological polar surface area (TPSA) is 26.0 Å². The molecule has 0 unspecified atom stereocenters. The average molecular weight is 189 g/mol. The highest BCUT2D eigenvalue weighted by molar-refractivity contribution is 5.49. The van der Waals surface area contributed by atoms with Crippen LogP contribution < -0.4 is 5.73 Å². The van der Waals surface area contributed by atoms with E-state index in [0.29, 0.717) is 6.54 Å². The Morgan fingerprint density at radius 1 is 1.36 bits per heavy atom. The zero-order valence-electron chi connectivity index (χ0n) is 9.14. The Morgan fingerprint density at radius 2 is 1.93 bits per heavy atom. The molecule has 0 saturated carbocycles. The summed E-state index contributed by atoms with van der Waals surface area (Å²) < 4.78 is 0. The van der Waals surface area contributed by atoms with Crippen LogP contribution in [0.2, 0.25) is 0 Å². The Balaban J connectivity index is 4.77. The van der Waals surface area contributed by atoms with Gasteiger partial charge in [-0.15, -0.1) is 0 Å². The van der Waals surface area contributed by atoms with Gasteiger partial charge in [-0.1, -0.05) is 38.0 Å². The van der Waals surface area contributed by atoms with E-state index < -0.39 is 0 Å². The van der Waals surface area contributed by atoms with E-state index in [1.807, 2.05) is 26.0 Å². The van der Waals surface area contributed by atoms with Gasteiger partial charge in [0, 0.05) is 6.54 Å². The molecule has 0 aromatic rings. The molecule has 0 aromatic heterocycles. The van der Waals surface area contributed by atoms with Crippen molar-refractivity contribution in [2.24, 2.45) is 5.73 Å². The van der Waals surface area contributed by atoms with E-state index in [4.69, 9.17) is 5.73 Å². The van der Waals surface area contributed by atoms with Crippen LogP contribution in [0, 0.1) is 0 Å². The lowest BCUT2D eigenvalue weighted by atomic mass is 10.00. The molecule has 14 heavy (non-hydrogen) atoms. The molecule has 0 aliphatic rings. The molecule has 0 bridgehead atoms. The van der Waals surface area contributed by atoms with Gasteiger partial charge in [0.25, 0.3) is 0 Å². The first-order valence-electron chi connectivity index (χ1n) is 4.61. The van der Waals surface area contributed by atoms with Crippen molar-refractivity contribution in [1.29, 1.82) is 0 Å². The van der Waals surface area contributed by atoms with Gasteiger partial charge in [0.15, 0.2) is 0 Å². The minimum atomic E-state index is 0.543. The van der Waals surface area contributed by atoms with Crippen LogP contribution in [0.15, 0.2) is 60.3 Å². The molecule has 0 rings (SSSR count). The molecule has 0 spiro atoms. The van der Waals surface area contributed by atoms with Gasteiger partial charge >= 0.3 is 0 Å². The first-order valence-corrected chi connectivity index (χ1v) is 4.61. The molecule has 2 N–H and O–H groups in total. The summed E-state index contributed by atoms with van der Waals surface area (Å²) in [5.74, 6) is 0. The summed E-state index contributed by atoms with van der Waals surface area (Å²) in [6, 6.07) is 0. The second kappa shape index (κ2) is 6.17.